The fourth-order valence-electron chi connectivity index (χ4n) is 2.23. The van der Waals surface area contributed by atoms with E-state index in [1.807, 2.05) is 6.92 Å². The minimum Gasteiger partial charge on any atom is -0.859 e. The summed E-state index contributed by atoms with van der Waals surface area (Å²) >= 11 is 1.23. The van der Waals surface area contributed by atoms with Gasteiger partial charge in [0.25, 0.3) is 10.0 Å². The molecular weight excluding hydrogens is 377 g/mol. The van der Waals surface area contributed by atoms with E-state index in [9.17, 15) is 18.3 Å². The van der Waals surface area contributed by atoms with Gasteiger partial charge in [0.05, 0.1) is 4.90 Å². The number of carbonyl (C=O) groups excluding carboxylic acids is 1. The van der Waals surface area contributed by atoms with Crippen molar-refractivity contribution in [3.05, 3.63) is 52.5 Å². The Balaban J connectivity index is 0.00000208. The Hall–Kier alpha value is -0.754. The van der Waals surface area contributed by atoms with Crippen LogP contribution < -0.4 is 61.8 Å². The van der Waals surface area contributed by atoms with Crippen LogP contribution in [0.2, 0.25) is 0 Å². The first kappa shape index (κ1) is 19.6. The summed E-state index contributed by atoms with van der Waals surface area (Å²) in [7, 11) is -2.75. The topological polar surface area (TPSA) is 102 Å². The van der Waals surface area contributed by atoms with E-state index in [1.54, 1.807) is 12.3 Å². The zero-order valence-electron chi connectivity index (χ0n) is 13.2. The van der Waals surface area contributed by atoms with E-state index in [0.29, 0.717) is 9.44 Å². The van der Waals surface area contributed by atoms with E-state index >= 15 is 0 Å². The number of hydrogen-bond donors (Lipinski definition) is 1. The molecule has 24 heavy (non-hydrogen) atoms. The number of likely N-dealkylation sites (N-methyl/N-ethyl adjacent to an activating group) is 1. The number of thiazole rings is 1. The molecule has 1 aliphatic rings. The van der Waals surface area contributed by atoms with Crippen LogP contribution in [0.25, 0.3) is 0 Å². The molecule has 10 heteroatoms. The van der Waals surface area contributed by atoms with Crippen molar-refractivity contribution in [2.45, 2.75) is 11.8 Å². The molecule has 1 aromatic carbocycles. The maximum absolute atomic E-state index is 12.5. The van der Waals surface area contributed by atoms with Crippen molar-refractivity contribution in [1.82, 2.24) is 9.29 Å². The van der Waals surface area contributed by atoms with Crippen LogP contribution in [-0.2, 0) is 10.0 Å². The zero-order chi connectivity index (χ0) is 16.8. The van der Waals surface area contributed by atoms with Gasteiger partial charge in [-0.05, 0) is 24.9 Å². The van der Waals surface area contributed by atoms with Gasteiger partial charge in [-0.1, -0.05) is 12.1 Å². The van der Waals surface area contributed by atoms with Crippen molar-refractivity contribution < 1.29 is 69.7 Å². The van der Waals surface area contributed by atoms with Crippen molar-refractivity contribution in [1.29, 1.82) is 0 Å². The van der Waals surface area contributed by atoms with E-state index in [4.69, 9.17) is 0 Å². The number of ketones is 1. The number of carbonyl (C=O) groups is 1. The van der Waals surface area contributed by atoms with Gasteiger partial charge in [0, 0.05) is 23.7 Å². The minimum atomic E-state index is -3.94. The number of aromatic nitrogens is 1. The zero-order valence-corrected chi connectivity index (χ0v) is 18.0. The number of nitrogens with one attached hydrogen (secondary N) is 1. The summed E-state index contributed by atoms with van der Waals surface area (Å²) in [6, 6.07) is 5.82. The molecule has 0 spiro atoms. The number of hydrogen-bond acceptors (Lipinski definition) is 7. The van der Waals surface area contributed by atoms with E-state index in [1.165, 1.54) is 36.6 Å². The van der Waals surface area contributed by atoms with Crippen LogP contribution in [0.3, 0.4) is 0 Å². The summed E-state index contributed by atoms with van der Waals surface area (Å²) in [5, 5.41) is 15.2. The molecular formula is C14H12KN3O4S2. The van der Waals surface area contributed by atoms with E-state index in [0.717, 1.165) is 4.88 Å². The van der Waals surface area contributed by atoms with Gasteiger partial charge in [0.1, 0.15) is 5.70 Å². The molecule has 1 aromatic heterocycles. The Morgan fingerprint density at radius 2 is 2.00 bits per heavy atom. The van der Waals surface area contributed by atoms with Crippen LogP contribution in [0.15, 0.2) is 46.9 Å². The van der Waals surface area contributed by atoms with E-state index in [2.05, 4.69) is 10.3 Å². The standard InChI is InChI=1S/C14H13N3O4S2.K/c1-8-7-15-14(22-8)16-13(19)11-12(18)9-5-3-4-6-10(9)23(20,21)17(11)2;/h3-7,19H,1-2H3,(H,15,16);/q;+1/p-1/b13-11+;. The Kier molecular flexibility index (Phi) is 5.90. The number of anilines is 1. The number of rotatable bonds is 2. The predicted octanol–water partition coefficient (Wildman–Crippen LogP) is -2.09. The molecule has 0 amide bonds. The summed E-state index contributed by atoms with van der Waals surface area (Å²) in [6.45, 7) is 1.82. The molecule has 0 unspecified atom stereocenters. The first-order chi connectivity index (χ1) is 10.8. The van der Waals surface area contributed by atoms with Crippen LogP contribution in [0, 0.1) is 6.92 Å². The number of sulfonamides is 1. The van der Waals surface area contributed by atoms with Crippen LogP contribution in [0.5, 0.6) is 0 Å². The fourth-order valence-corrected chi connectivity index (χ4v) is 4.28. The van der Waals surface area contributed by atoms with Crippen molar-refractivity contribution in [3.8, 4) is 0 Å². The second-order valence-corrected chi connectivity index (χ2v) is 8.05. The minimum absolute atomic E-state index is 0. The Labute approximate surface area is 185 Å². The number of nitrogens with zero attached hydrogens (tertiary/aromatic N) is 2. The SMILES string of the molecule is Cc1cnc(N/C([O-])=C2/C(=O)c3ccccc3S(=O)(=O)N2C)s1.[K+]. The first-order valence-corrected chi connectivity index (χ1v) is 8.81. The molecule has 0 radical (unpaired) electrons. The quantitative estimate of drug-likeness (QED) is 0.359. The summed E-state index contributed by atoms with van der Waals surface area (Å²) in [5.41, 5.74) is -0.456. The van der Waals surface area contributed by atoms with Crippen LogP contribution >= 0.6 is 11.3 Å². The number of Topliss-reactive ketones (excluding diaryl/α,β-unsaturated/α-hetero) is 1. The Bertz CT molecular complexity index is 937. The van der Waals surface area contributed by atoms with E-state index < -0.39 is 27.4 Å². The van der Waals surface area contributed by atoms with Gasteiger partial charge in [0.15, 0.2) is 5.13 Å². The third-order valence-corrected chi connectivity index (χ3v) is 6.00. The predicted molar refractivity (Wildman–Crippen MR) is 83.2 cm³/mol. The number of benzene rings is 1. The largest absolute Gasteiger partial charge is 1.00 e. The summed E-state index contributed by atoms with van der Waals surface area (Å²) in [4.78, 5) is 17.3. The van der Waals surface area contributed by atoms with Crippen LogP contribution in [-0.4, -0.2) is 30.5 Å². The monoisotopic (exact) mass is 389 g/mol. The first-order valence-electron chi connectivity index (χ1n) is 6.56. The van der Waals surface area contributed by atoms with Crippen LogP contribution in [0.1, 0.15) is 15.2 Å². The van der Waals surface area contributed by atoms with Gasteiger partial charge < -0.3 is 10.4 Å². The molecule has 0 atom stereocenters. The number of fused-ring (bicyclic) bond motifs is 1. The molecule has 1 aliphatic heterocycles. The Morgan fingerprint density at radius 3 is 2.62 bits per heavy atom. The molecule has 7 nitrogen and oxygen atoms in total. The molecule has 1 N–H and O–H groups in total. The molecule has 120 valence electrons. The van der Waals surface area contributed by atoms with Gasteiger partial charge in [-0.25, -0.2) is 13.4 Å². The smallest absolute Gasteiger partial charge is 0.859 e. The molecule has 0 saturated heterocycles. The normalized spacial score (nSPS) is 17.8. The van der Waals surface area contributed by atoms with E-state index in [-0.39, 0.29) is 61.8 Å². The average Bonchev–Trinajstić information content (AvgIpc) is 2.91. The van der Waals surface area contributed by atoms with Gasteiger partial charge in [-0.15, -0.1) is 11.3 Å². The summed E-state index contributed by atoms with van der Waals surface area (Å²) < 4.78 is 25.7. The van der Waals surface area contributed by atoms with Gasteiger partial charge in [-0.2, -0.15) is 0 Å². The van der Waals surface area contributed by atoms with Crippen molar-refractivity contribution in [3.63, 3.8) is 0 Å². The number of aryl methyl sites for hydroxylation is 1. The molecule has 3 rings (SSSR count). The second-order valence-electron chi connectivity index (χ2n) is 4.88. The fraction of sp³-hybridized carbons (Fsp3) is 0.143. The molecule has 0 fully saturated rings. The third kappa shape index (κ3) is 3.32. The number of allylic oxidation sites excluding steroid dienone is 1. The summed E-state index contributed by atoms with van der Waals surface area (Å²) in [6.07, 6.45) is 1.57. The molecule has 2 aromatic rings. The maximum atomic E-state index is 12.5. The molecule has 2 heterocycles. The van der Waals surface area contributed by atoms with Crippen molar-refractivity contribution in [2.75, 3.05) is 12.4 Å². The van der Waals surface area contributed by atoms with Crippen molar-refractivity contribution >= 4 is 32.3 Å². The average molecular weight is 389 g/mol. The summed E-state index contributed by atoms with van der Waals surface area (Å²) in [5.74, 6) is -1.44. The van der Waals surface area contributed by atoms with Crippen LogP contribution in [0.4, 0.5) is 5.13 Å². The maximum Gasteiger partial charge on any atom is 1.00 e. The second kappa shape index (κ2) is 7.24. The van der Waals surface area contributed by atoms with Crippen molar-refractivity contribution in [2.24, 2.45) is 0 Å². The molecule has 0 aliphatic carbocycles. The van der Waals surface area contributed by atoms with Gasteiger partial charge in [-0.3, -0.25) is 9.10 Å². The molecule has 0 saturated carbocycles. The van der Waals surface area contributed by atoms with Gasteiger partial charge >= 0.3 is 51.4 Å². The molecule has 0 bridgehead atoms. The Morgan fingerprint density at radius 1 is 1.33 bits per heavy atom. The third-order valence-electron chi connectivity index (χ3n) is 3.36. The van der Waals surface area contributed by atoms with Gasteiger partial charge in [0.2, 0.25) is 5.78 Å².